The summed E-state index contributed by atoms with van der Waals surface area (Å²) >= 11 is 0. The minimum atomic E-state index is -0.236. The molecule has 136 valence electrons. The van der Waals surface area contributed by atoms with Crippen molar-refractivity contribution in [3.05, 3.63) is 53.6 Å². The van der Waals surface area contributed by atoms with Crippen molar-refractivity contribution in [3.8, 4) is 11.5 Å². The molecule has 0 aliphatic carbocycles. The molecule has 1 aliphatic heterocycles. The number of nitrogens with zero attached hydrogens (tertiary/aromatic N) is 1. The Labute approximate surface area is 152 Å². The van der Waals surface area contributed by atoms with Crippen molar-refractivity contribution in [2.75, 3.05) is 25.1 Å². The molecule has 2 aromatic rings. The highest BCUT2D eigenvalue weighted by Crippen LogP contribution is 2.31. The predicted molar refractivity (Wildman–Crippen MR) is 98.6 cm³/mol. The minimum absolute atomic E-state index is 0.000431. The number of anilines is 1. The first-order chi connectivity index (χ1) is 12.6. The van der Waals surface area contributed by atoms with Crippen molar-refractivity contribution in [1.82, 2.24) is 4.90 Å². The van der Waals surface area contributed by atoms with Crippen molar-refractivity contribution in [1.29, 1.82) is 0 Å². The summed E-state index contributed by atoms with van der Waals surface area (Å²) in [6, 6.07) is 12.6. The van der Waals surface area contributed by atoms with Gasteiger partial charge in [0.15, 0.2) is 11.5 Å². The molecule has 0 aromatic heterocycles. The van der Waals surface area contributed by atoms with E-state index in [0.29, 0.717) is 49.1 Å². The Morgan fingerprint density at radius 3 is 2.54 bits per heavy atom. The molecular formula is C20H22N2O4. The minimum Gasteiger partial charge on any atom is -0.486 e. The zero-order valence-corrected chi connectivity index (χ0v) is 15.0. The molecule has 1 heterocycles. The fraction of sp³-hybridized carbons (Fsp3) is 0.300. The van der Waals surface area contributed by atoms with E-state index in [-0.39, 0.29) is 11.8 Å². The maximum absolute atomic E-state index is 12.7. The number of ether oxygens (including phenoxy) is 2. The molecule has 3 rings (SSSR count). The molecule has 6 nitrogen and oxygen atoms in total. The van der Waals surface area contributed by atoms with E-state index in [2.05, 4.69) is 5.32 Å². The molecule has 0 unspecified atom stereocenters. The smallest absolute Gasteiger partial charge is 0.255 e. The Bertz CT molecular complexity index is 819. The zero-order chi connectivity index (χ0) is 18.5. The molecule has 0 bridgehead atoms. The van der Waals surface area contributed by atoms with Gasteiger partial charge in [0.05, 0.1) is 0 Å². The summed E-state index contributed by atoms with van der Waals surface area (Å²) in [5.41, 5.74) is 2.06. The second-order valence-electron chi connectivity index (χ2n) is 6.00. The summed E-state index contributed by atoms with van der Waals surface area (Å²) in [6.45, 7) is 5.51. The first-order valence-electron chi connectivity index (χ1n) is 8.63. The number of amides is 2. The van der Waals surface area contributed by atoms with Gasteiger partial charge in [-0.3, -0.25) is 9.59 Å². The molecule has 0 fully saturated rings. The summed E-state index contributed by atoms with van der Waals surface area (Å²) in [5, 5.41) is 2.93. The summed E-state index contributed by atoms with van der Waals surface area (Å²) < 4.78 is 11.0. The van der Waals surface area contributed by atoms with Crippen molar-refractivity contribution in [2.45, 2.75) is 20.4 Å². The lowest BCUT2D eigenvalue weighted by Crippen LogP contribution is -2.28. The fourth-order valence-electron chi connectivity index (χ4n) is 2.81. The van der Waals surface area contributed by atoms with Crippen molar-refractivity contribution in [2.24, 2.45) is 0 Å². The quantitative estimate of drug-likeness (QED) is 0.896. The Morgan fingerprint density at radius 2 is 1.81 bits per heavy atom. The van der Waals surface area contributed by atoms with Gasteiger partial charge >= 0.3 is 0 Å². The predicted octanol–water partition coefficient (Wildman–Crippen LogP) is 3.08. The van der Waals surface area contributed by atoms with Crippen LogP contribution in [0.15, 0.2) is 42.5 Å². The summed E-state index contributed by atoms with van der Waals surface area (Å²) in [7, 11) is 0. The number of para-hydroxylation sites is 1. The third kappa shape index (κ3) is 3.96. The normalized spacial score (nSPS) is 12.4. The topological polar surface area (TPSA) is 67.9 Å². The second-order valence-corrected chi connectivity index (χ2v) is 6.00. The zero-order valence-electron chi connectivity index (χ0n) is 15.0. The third-order valence-corrected chi connectivity index (χ3v) is 4.26. The second kappa shape index (κ2) is 7.91. The summed E-state index contributed by atoms with van der Waals surface area (Å²) in [6.07, 6.45) is 0. The Hall–Kier alpha value is -3.02. The lowest BCUT2D eigenvalue weighted by Gasteiger charge is -2.21. The van der Waals surface area contributed by atoms with Gasteiger partial charge in [-0.2, -0.15) is 0 Å². The highest BCUT2D eigenvalue weighted by atomic mass is 16.6. The van der Waals surface area contributed by atoms with Gasteiger partial charge in [-0.25, -0.2) is 0 Å². The van der Waals surface area contributed by atoms with Crippen LogP contribution in [0.5, 0.6) is 11.5 Å². The maximum atomic E-state index is 12.7. The first-order valence-corrected chi connectivity index (χ1v) is 8.63. The Balaban J connectivity index is 1.78. The van der Waals surface area contributed by atoms with Crippen molar-refractivity contribution < 1.29 is 19.1 Å². The van der Waals surface area contributed by atoms with Crippen LogP contribution >= 0.6 is 0 Å². The average molecular weight is 354 g/mol. The van der Waals surface area contributed by atoms with E-state index in [1.807, 2.05) is 31.2 Å². The van der Waals surface area contributed by atoms with Gasteiger partial charge in [0.25, 0.3) is 5.91 Å². The van der Waals surface area contributed by atoms with Crippen LogP contribution in [0, 0.1) is 0 Å². The van der Waals surface area contributed by atoms with Crippen LogP contribution in [-0.2, 0) is 11.3 Å². The molecule has 2 amide bonds. The number of fused-ring (bicyclic) bond motifs is 1. The molecule has 0 spiro atoms. The van der Waals surface area contributed by atoms with Crippen LogP contribution < -0.4 is 14.8 Å². The molecule has 1 N–H and O–H groups in total. The highest BCUT2D eigenvalue weighted by molar-refractivity contribution is 6.05. The van der Waals surface area contributed by atoms with Gasteiger partial charge in [0.2, 0.25) is 5.91 Å². The highest BCUT2D eigenvalue weighted by Gasteiger charge is 2.16. The van der Waals surface area contributed by atoms with E-state index in [9.17, 15) is 9.59 Å². The van der Waals surface area contributed by atoms with Gasteiger partial charge in [-0.05, 0) is 36.8 Å². The number of rotatable bonds is 5. The standard InChI is InChI=1S/C20H22N2O4/c1-3-22(14(2)23)13-16-6-4-5-7-17(16)21-20(24)15-8-9-18-19(12-15)26-11-10-25-18/h4-9,12H,3,10-11,13H2,1-2H3,(H,21,24). The Kier molecular flexibility index (Phi) is 5.41. The van der Waals surface area contributed by atoms with E-state index in [1.54, 1.807) is 30.0 Å². The number of nitrogens with one attached hydrogen (secondary N) is 1. The first kappa shape index (κ1) is 17.8. The monoisotopic (exact) mass is 354 g/mol. The van der Waals surface area contributed by atoms with Gasteiger partial charge in [-0.15, -0.1) is 0 Å². The van der Waals surface area contributed by atoms with Crippen LogP contribution in [-0.4, -0.2) is 36.5 Å². The van der Waals surface area contributed by atoms with E-state index in [4.69, 9.17) is 9.47 Å². The van der Waals surface area contributed by atoms with Crippen LogP contribution in [0.4, 0.5) is 5.69 Å². The van der Waals surface area contributed by atoms with Crippen LogP contribution in [0.2, 0.25) is 0 Å². The maximum Gasteiger partial charge on any atom is 0.255 e. The van der Waals surface area contributed by atoms with Crippen molar-refractivity contribution in [3.63, 3.8) is 0 Å². The molecule has 0 radical (unpaired) electrons. The molecule has 26 heavy (non-hydrogen) atoms. The number of carbonyl (C=O) groups is 2. The van der Waals surface area contributed by atoms with E-state index >= 15 is 0 Å². The van der Waals surface area contributed by atoms with Crippen LogP contribution in [0.1, 0.15) is 29.8 Å². The van der Waals surface area contributed by atoms with Gasteiger partial charge in [0.1, 0.15) is 13.2 Å². The lowest BCUT2D eigenvalue weighted by atomic mass is 10.1. The molecule has 0 saturated carbocycles. The molecule has 2 aromatic carbocycles. The third-order valence-electron chi connectivity index (χ3n) is 4.26. The van der Waals surface area contributed by atoms with E-state index in [0.717, 1.165) is 5.56 Å². The van der Waals surface area contributed by atoms with Crippen LogP contribution in [0.25, 0.3) is 0 Å². The number of carbonyl (C=O) groups excluding carboxylic acids is 2. The van der Waals surface area contributed by atoms with Gasteiger partial charge in [-0.1, -0.05) is 18.2 Å². The fourth-order valence-corrected chi connectivity index (χ4v) is 2.81. The summed E-state index contributed by atoms with van der Waals surface area (Å²) in [5.74, 6) is 0.986. The molecule has 6 heteroatoms. The molecule has 0 atom stereocenters. The van der Waals surface area contributed by atoms with E-state index in [1.165, 1.54) is 0 Å². The average Bonchev–Trinajstić information content (AvgIpc) is 2.66. The molecule has 0 saturated heterocycles. The number of benzene rings is 2. The van der Waals surface area contributed by atoms with Gasteiger partial charge < -0.3 is 19.7 Å². The number of hydrogen-bond acceptors (Lipinski definition) is 4. The van der Waals surface area contributed by atoms with E-state index < -0.39 is 0 Å². The summed E-state index contributed by atoms with van der Waals surface area (Å²) in [4.78, 5) is 26.1. The SMILES string of the molecule is CCN(Cc1ccccc1NC(=O)c1ccc2c(c1)OCCO2)C(C)=O. The number of hydrogen-bond donors (Lipinski definition) is 1. The van der Waals surface area contributed by atoms with Gasteiger partial charge in [0, 0.05) is 31.3 Å². The molecule has 1 aliphatic rings. The largest absolute Gasteiger partial charge is 0.486 e. The van der Waals surface area contributed by atoms with Crippen molar-refractivity contribution >= 4 is 17.5 Å². The Morgan fingerprint density at radius 1 is 1.08 bits per heavy atom. The van der Waals surface area contributed by atoms with Crippen LogP contribution in [0.3, 0.4) is 0 Å². The molecular weight excluding hydrogens is 332 g/mol. The lowest BCUT2D eigenvalue weighted by molar-refractivity contribution is -0.129.